The summed E-state index contributed by atoms with van der Waals surface area (Å²) in [5, 5.41) is 20.7. The fraction of sp³-hybridized carbons (Fsp3) is 0.714. The highest BCUT2D eigenvalue weighted by Gasteiger charge is 2.42. The highest BCUT2D eigenvalue weighted by atomic mass is 35.5. The molecule has 1 heterocycles. The van der Waals surface area contributed by atoms with E-state index in [1.807, 2.05) is 12.4 Å². The van der Waals surface area contributed by atoms with E-state index in [1.54, 1.807) is 29.2 Å². The van der Waals surface area contributed by atoms with Crippen LogP contribution in [0.15, 0.2) is 24.3 Å². The van der Waals surface area contributed by atoms with E-state index < -0.39 is 17.7 Å². The topological polar surface area (TPSA) is 93.7 Å². The first-order valence-corrected chi connectivity index (χ1v) is 14.4. The molecule has 2 fully saturated rings. The Kier molecular flexibility index (Phi) is 11.7. The molecule has 39 heavy (non-hydrogen) atoms. The number of alkyl halides is 3. The number of hydrogen-bond donors (Lipinski definition) is 4. The molecule has 0 bridgehead atoms. The zero-order chi connectivity index (χ0) is 28.5. The molecule has 0 spiro atoms. The summed E-state index contributed by atoms with van der Waals surface area (Å²) < 4.78 is 37.7. The summed E-state index contributed by atoms with van der Waals surface area (Å²) in [6, 6.07) is 6.64. The Bertz CT molecular complexity index is 945. The van der Waals surface area contributed by atoms with Gasteiger partial charge in [0.2, 0.25) is 0 Å². The van der Waals surface area contributed by atoms with Crippen molar-refractivity contribution in [3.63, 3.8) is 0 Å². The number of benzene rings is 1. The SMILES string of the molecule is CNC[C@H](CC1CCCCC1)NC(=O)N1CCC[C@@H]([C@@](O)(CCCNC(=O)C(F)(F)F)c2cccc(Cl)c2)C1. The summed E-state index contributed by atoms with van der Waals surface area (Å²) in [5.41, 5.74) is -0.881. The van der Waals surface area contributed by atoms with E-state index in [9.17, 15) is 27.9 Å². The second-order valence-corrected chi connectivity index (χ2v) is 11.5. The van der Waals surface area contributed by atoms with Gasteiger partial charge in [-0.3, -0.25) is 4.79 Å². The van der Waals surface area contributed by atoms with Gasteiger partial charge in [-0.25, -0.2) is 4.79 Å². The number of piperidine rings is 1. The Labute approximate surface area is 234 Å². The molecular formula is C28H42ClF3N4O3. The van der Waals surface area contributed by atoms with Gasteiger partial charge >= 0.3 is 18.1 Å². The summed E-state index contributed by atoms with van der Waals surface area (Å²) >= 11 is 6.22. The molecule has 1 aliphatic heterocycles. The molecule has 0 aromatic heterocycles. The predicted octanol–water partition coefficient (Wildman–Crippen LogP) is 4.97. The molecule has 1 aromatic rings. The standard InChI is InChI=1S/C28H42ClF3N4O3/c1-33-18-24(16-20-8-3-2-4-9-20)35-26(38)36-15-6-11-22(19-36)27(39,21-10-5-12-23(29)17-21)13-7-14-34-25(37)28(30,31)32/h5,10,12,17,20,22,24,33,39H,2-4,6-9,11,13-16,18-19H2,1H3,(H,34,37)(H,35,38)/t22-,24+,27-/m1/s1. The highest BCUT2D eigenvalue weighted by molar-refractivity contribution is 6.30. The van der Waals surface area contributed by atoms with Gasteiger partial charge in [0.25, 0.3) is 0 Å². The van der Waals surface area contributed by atoms with Gasteiger partial charge in [-0.2, -0.15) is 13.2 Å². The first kappa shape index (κ1) is 31.5. The maximum atomic E-state index is 13.3. The Morgan fingerprint density at radius 1 is 1.15 bits per heavy atom. The van der Waals surface area contributed by atoms with Crippen LogP contribution in [0.25, 0.3) is 0 Å². The van der Waals surface area contributed by atoms with Crippen LogP contribution in [0.4, 0.5) is 18.0 Å². The van der Waals surface area contributed by atoms with Crippen molar-refractivity contribution in [3.05, 3.63) is 34.9 Å². The van der Waals surface area contributed by atoms with Gasteiger partial charge in [0, 0.05) is 43.2 Å². The van der Waals surface area contributed by atoms with Crippen molar-refractivity contribution in [1.82, 2.24) is 20.9 Å². The molecule has 1 saturated heterocycles. The zero-order valence-electron chi connectivity index (χ0n) is 22.7. The van der Waals surface area contributed by atoms with E-state index in [1.165, 1.54) is 32.1 Å². The molecule has 7 nitrogen and oxygen atoms in total. The lowest BCUT2D eigenvalue weighted by atomic mass is 9.74. The van der Waals surface area contributed by atoms with Crippen molar-refractivity contribution >= 4 is 23.5 Å². The lowest BCUT2D eigenvalue weighted by Crippen LogP contribution is -2.54. The molecular weight excluding hydrogens is 533 g/mol. The Balaban J connectivity index is 1.68. The second-order valence-electron chi connectivity index (χ2n) is 11.0. The normalized spacial score (nSPS) is 21.2. The number of nitrogens with zero attached hydrogens (tertiary/aromatic N) is 1. The third kappa shape index (κ3) is 9.25. The van der Waals surface area contributed by atoms with Crippen LogP contribution in [0.2, 0.25) is 5.02 Å². The molecule has 3 amide bonds. The largest absolute Gasteiger partial charge is 0.471 e. The number of likely N-dealkylation sites (N-methyl/N-ethyl adjacent to an activating group) is 1. The van der Waals surface area contributed by atoms with Crippen LogP contribution in [0.5, 0.6) is 0 Å². The summed E-state index contributed by atoms with van der Waals surface area (Å²) in [5.74, 6) is -1.74. The third-order valence-electron chi connectivity index (χ3n) is 8.11. The minimum Gasteiger partial charge on any atom is -0.385 e. The summed E-state index contributed by atoms with van der Waals surface area (Å²) in [7, 11) is 1.87. The molecule has 2 aliphatic rings. The van der Waals surface area contributed by atoms with Crippen LogP contribution >= 0.6 is 11.6 Å². The predicted molar refractivity (Wildman–Crippen MR) is 145 cm³/mol. The van der Waals surface area contributed by atoms with E-state index in [0.717, 1.165) is 6.42 Å². The smallest absolute Gasteiger partial charge is 0.385 e. The number of nitrogens with one attached hydrogen (secondary N) is 3. The van der Waals surface area contributed by atoms with Crippen molar-refractivity contribution in [2.24, 2.45) is 11.8 Å². The Morgan fingerprint density at radius 2 is 1.90 bits per heavy atom. The summed E-state index contributed by atoms with van der Waals surface area (Å²) in [6.45, 7) is 1.31. The lowest BCUT2D eigenvalue weighted by Gasteiger charge is -2.43. The minimum absolute atomic E-state index is 0.00929. The van der Waals surface area contributed by atoms with Gasteiger partial charge in [0.1, 0.15) is 0 Å². The molecule has 0 radical (unpaired) electrons. The van der Waals surface area contributed by atoms with Crippen molar-refractivity contribution < 1.29 is 27.9 Å². The molecule has 4 N–H and O–H groups in total. The van der Waals surface area contributed by atoms with Crippen molar-refractivity contribution in [2.75, 3.05) is 33.2 Å². The number of rotatable bonds is 11. The van der Waals surface area contributed by atoms with Crippen LogP contribution in [-0.4, -0.2) is 67.4 Å². The number of urea groups is 1. The van der Waals surface area contributed by atoms with Crippen LogP contribution in [0.3, 0.4) is 0 Å². The molecule has 220 valence electrons. The zero-order valence-corrected chi connectivity index (χ0v) is 23.4. The molecule has 3 rings (SSSR count). The Hall–Kier alpha value is -2.04. The van der Waals surface area contributed by atoms with Gasteiger partial charge in [0.05, 0.1) is 5.60 Å². The van der Waals surface area contributed by atoms with E-state index >= 15 is 0 Å². The van der Waals surface area contributed by atoms with Gasteiger partial charge < -0.3 is 26.0 Å². The number of aliphatic hydroxyl groups is 1. The van der Waals surface area contributed by atoms with Crippen molar-refractivity contribution in [2.45, 2.75) is 82.0 Å². The number of likely N-dealkylation sites (tertiary alicyclic amines) is 1. The highest BCUT2D eigenvalue weighted by Crippen LogP contribution is 2.40. The van der Waals surface area contributed by atoms with Gasteiger partial charge in [-0.05, 0) is 62.8 Å². The number of amides is 3. The first-order valence-electron chi connectivity index (χ1n) is 14.1. The lowest BCUT2D eigenvalue weighted by molar-refractivity contribution is -0.173. The Morgan fingerprint density at radius 3 is 2.56 bits per heavy atom. The van der Waals surface area contributed by atoms with E-state index in [2.05, 4.69) is 10.6 Å². The van der Waals surface area contributed by atoms with Crippen molar-refractivity contribution in [3.8, 4) is 0 Å². The molecule has 1 aromatic carbocycles. The quantitative estimate of drug-likeness (QED) is 0.281. The molecule has 3 atom stereocenters. The number of carbonyl (C=O) groups excluding carboxylic acids is 2. The average molecular weight is 575 g/mol. The number of carbonyl (C=O) groups is 2. The van der Waals surface area contributed by atoms with Crippen LogP contribution in [0.1, 0.15) is 69.8 Å². The molecule has 1 aliphatic carbocycles. The van der Waals surface area contributed by atoms with Crippen LogP contribution in [0, 0.1) is 11.8 Å². The van der Waals surface area contributed by atoms with E-state index in [-0.39, 0.29) is 37.4 Å². The fourth-order valence-electron chi connectivity index (χ4n) is 6.08. The second kappa shape index (κ2) is 14.6. The molecule has 1 saturated carbocycles. The summed E-state index contributed by atoms with van der Waals surface area (Å²) in [6.07, 6.45) is 3.67. The van der Waals surface area contributed by atoms with Gasteiger partial charge in [-0.15, -0.1) is 0 Å². The number of halogens is 4. The van der Waals surface area contributed by atoms with E-state index in [4.69, 9.17) is 11.6 Å². The summed E-state index contributed by atoms with van der Waals surface area (Å²) in [4.78, 5) is 26.3. The van der Waals surface area contributed by atoms with Crippen LogP contribution in [-0.2, 0) is 10.4 Å². The van der Waals surface area contributed by atoms with Crippen LogP contribution < -0.4 is 16.0 Å². The van der Waals surface area contributed by atoms with E-state index in [0.29, 0.717) is 49.0 Å². The fourth-order valence-corrected chi connectivity index (χ4v) is 6.27. The average Bonchev–Trinajstić information content (AvgIpc) is 2.91. The molecule has 0 unspecified atom stereocenters. The van der Waals surface area contributed by atoms with Gasteiger partial charge in [0.15, 0.2) is 0 Å². The third-order valence-corrected chi connectivity index (χ3v) is 8.34. The maximum absolute atomic E-state index is 13.3. The number of hydrogen-bond acceptors (Lipinski definition) is 4. The van der Waals surface area contributed by atoms with Crippen molar-refractivity contribution in [1.29, 1.82) is 0 Å². The first-order chi connectivity index (χ1) is 18.5. The maximum Gasteiger partial charge on any atom is 0.471 e. The van der Waals surface area contributed by atoms with Gasteiger partial charge in [-0.1, -0.05) is 55.8 Å². The monoisotopic (exact) mass is 574 g/mol. The minimum atomic E-state index is -4.96. The molecule has 11 heteroatoms.